The fourth-order valence-corrected chi connectivity index (χ4v) is 4.12. The van der Waals surface area contributed by atoms with Gasteiger partial charge in [0.1, 0.15) is 0 Å². The van der Waals surface area contributed by atoms with Crippen molar-refractivity contribution in [3.63, 3.8) is 0 Å². The Bertz CT molecular complexity index is 187. The Hall–Kier alpha value is 0.310. The van der Waals surface area contributed by atoms with Crippen LogP contribution in [0.15, 0.2) is 0 Å². The quantitative estimate of drug-likeness (QED) is 0.750. The lowest BCUT2D eigenvalue weighted by molar-refractivity contribution is 0.325. The van der Waals surface area contributed by atoms with Gasteiger partial charge < -0.3 is 5.32 Å². The molecule has 16 heavy (non-hydrogen) atoms. The highest BCUT2D eigenvalue weighted by atomic mass is 32.2. The molecule has 0 aliphatic heterocycles. The van der Waals surface area contributed by atoms with Gasteiger partial charge in [0.25, 0.3) is 0 Å². The van der Waals surface area contributed by atoms with E-state index in [4.69, 9.17) is 0 Å². The Labute approximate surface area is 105 Å². The second kappa shape index (κ2) is 6.90. The van der Waals surface area contributed by atoms with Crippen LogP contribution < -0.4 is 5.32 Å². The zero-order valence-corrected chi connectivity index (χ0v) is 11.5. The monoisotopic (exact) mass is 241 g/mol. The fourth-order valence-electron chi connectivity index (χ4n) is 3.29. The van der Waals surface area contributed by atoms with E-state index in [0.717, 1.165) is 17.3 Å². The molecule has 2 unspecified atom stereocenters. The van der Waals surface area contributed by atoms with Crippen LogP contribution in [-0.2, 0) is 0 Å². The molecule has 0 spiro atoms. The van der Waals surface area contributed by atoms with Gasteiger partial charge in [-0.15, -0.1) is 0 Å². The second-order valence-corrected chi connectivity index (χ2v) is 6.71. The van der Waals surface area contributed by atoms with Gasteiger partial charge in [-0.1, -0.05) is 32.1 Å². The van der Waals surface area contributed by atoms with E-state index in [9.17, 15) is 0 Å². The van der Waals surface area contributed by atoms with Crippen LogP contribution >= 0.6 is 11.8 Å². The lowest BCUT2D eigenvalue weighted by Gasteiger charge is -2.32. The Morgan fingerprint density at radius 1 is 0.812 bits per heavy atom. The molecular formula is C14H27NS. The summed E-state index contributed by atoms with van der Waals surface area (Å²) >= 11 is 2.08. The van der Waals surface area contributed by atoms with E-state index in [0.29, 0.717) is 0 Å². The van der Waals surface area contributed by atoms with Gasteiger partial charge in [0.2, 0.25) is 0 Å². The molecule has 0 saturated heterocycles. The molecule has 2 atom stereocenters. The number of hydrogen-bond donors (Lipinski definition) is 1. The van der Waals surface area contributed by atoms with Crippen molar-refractivity contribution in [1.82, 2.24) is 5.32 Å². The van der Waals surface area contributed by atoms with E-state index in [1.807, 2.05) is 0 Å². The predicted molar refractivity (Wildman–Crippen MR) is 74.2 cm³/mol. The molecule has 0 amide bonds. The first-order valence-corrected chi connectivity index (χ1v) is 8.46. The Kier molecular flexibility index (Phi) is 5.51. The third kappa shape index (κ3) is 3.96. The van der Waals surface area contributed by atoms with Crippen LogP contribution in [0.5, 0.6) is 0 Å². The first-order valence-electron chi connectivity index (χ1n) is 7.17. The van der Waals surface area contributed by atoms with Crippen molar-refractivity contribution in [3.8, 4) is 0 Å². The highest BCUT2D eigenvalue weighted by molar-refractivity contribution is 7.99. The molecule has 2 fully saturated rings. The summed E-state index contributed by atoms with van der Waals surface area (Å²) in [7, 11) is 0. The van der Waals surface area contributed by atoms with Crippen molar-refractivity contribution in [2.45, 2.75) is 81.5 Å². The van der Waals surface area contributed by atoms with E-state index in [1.54, 1.807) is 0 Å². The summed E-state index contributed by atoms with van der Waals surface area (Å²) in [6.07, 6.45) is 16.7. The first kappa shape index (κ1) is 12.8. The zero-order chi connectivity index (χ0) is 11.2. The minimum atomic E-state index is 0.828. The maximum atomic E-state index is 3.95. The van der Waals surface area contributed by atoms with Crippen molar-refractivity contribution < 1.29 is 0 Å². The standard InChI is InChI=1S/C14H27NS/c1-16-14-10-6-9-13(11-14)15-12-7-4-2-3-5-8-12/h12-15H,2-11H2,1H3. The molecule has 1 N–H and O–H groups in total. The third-order valence-corrected chi connectivity index (χ3v) is 5.38. The molecule has 0 bridgehead atoms. The zero-order valence-electron chi connectivity index (χ0n) is 10.7. The molecule has 2 aliphatic carbocycles. The Balaban J connectivity index is 1.74. The molecule has 2 rings (SSSR count). The first-order chi connectivity index (χ1) is 7.88. The lowest BCUT2D eigenvalue weighted by Crippen LogP contribution is -2.41. The van der Waals surface area contributed by atoms with E-state index in [-0.39, 0.29) is 0 Å². The summed E-state index contributed by atoms with van der Waals surface area (Å²) in [6.45, 7) is 0. The largest absolute Gasteiger partial charge is 0.311 e. The van der Waals surface area contributed by atoms with Crippen molar-refractivity contribution in [2.75, 3.05) is 6.26 Å². The summed E-state index contributed by atoms with van der Waals surface area (Å²) in [5.74, 6) is 0. The molecule has 0 radical (unpaired) electrons. The average molecular weight is 241 g/mol. The van der Waals surface area contributed by atoms with Gasteiger partial charge in [0.05, 0.1) is 0 Å². The summed E-state index contributed by atoms with van der Waals surface area (Å²) in [6, 6.07) is 1.67. The van der Waals surface area contributed by atoms with Crippen molar-refractivity contribution in [1.29, 1.82) is 0 Å². The van der Waals surface area contributed by atoms with E-state index < -0.39 is 0 Å². The van der Waals surface area contributed by atoms with Crippen LogP contribution in [0.25, 0.3) is 0 Å². The number of nitrogens with one attached hydrogen (secondary N) is 1. The molecule has 0 heterocycles. The van der Waals surface area contributed by atoms with Crippen LogP contribution in [0.1, 0.15) is 64.2 Å². The average Bonchev–Trinajstić information content (AvgIpc) is 2.58. The maximum Gasteiger partial charge on any atom is 0.00801 e. The van der Waals surface area contributed by atoms with Gasteiger partial charge in [0, 0.05) is 17.3 Å². The van der Waals surface area contributed by atoms with Gasteiger partial charge in [0.15, 0.2) is 0 Å². The van der Waals surface area contributed by atoms with Crippen molar-refractivity contribution >= 4 is 11.8 Å². The highest BCUT2D eigenvalue weighted by Crippen LogP contribution is 2.28. The van der Waals surface area contributed by atoms with Crippen LogP contribution in [0, 0.1) is 0 Å². The number of rotatable bonds is 3. The van der Waals surface area contributed by atoms with E-state index in [2.05, 4.69) is 23.3 Å². The SMILES string of the molecule is CSC1CCCC(NC2CCCCCC2)C1. The molecule has 2 heteroatoms. The van der Waals surface area contributed by atoms with Crippen LogP contribution in [0.4, 0.5) is 0 Å². The van der Waals surface area contributed by atoms with Gasteiger partial charge in [-0.25, -0.2) is 0 Å². The van der Waals surface area contributed by atoms with Gasteiger partial charge in [-0.3, -0.25) is 0 Å². The van der Waals surface area contributed by atoms with Gasteiger partial charge in [-0.2, -0.15) is 11.8 Å². The molecule has 0 aromatic carbocycles. The smallest absolute Gasteiger partial charge is 0.00801 e. The highest BCUT2D eigenvalue weighted by Gasteiger charge is 2.23. The molecule has 2 aliphatic rings. The van der Waals surface area contributed by atoms with Crippen LogP contribution in [0.2, 0.25) is 0 Å². The summed E-state index contributed by atoms with van der Waals surface area (Å²) in [5, 5.41) is 4.88. The molecular weight excluding hydrogens is 214 g/mol. The van der Waals surface area contributed by atoms with Crippen LogP contribution in [0.3, 0.4) is 0 Å². The van der Waals surface area contributed by atoms with Crippen LogP contribution in [-0.4, -0.2) is 23.6 Å². The minimum Gasteiger partial charge on any atom is -0.311 e. The summed E-state index contributed by atoms with van der Waals surface area (Å²) < 4.78 is 0. The van der Waals surface area contributed by atoms with E-state index >= 15 is 0 Å². The lowest BCUT2D eigenvalue weighted by atomic mass is 9.93. The predicted octanol–water partition coefficient (Wildman–Crippen LogP) is 3.97. The summed E-state index contributed by atoms with van der Waals surface area (Å²) in [5.41, 5.74) is 0. The fraction of sp³-hybridized carbons (Fsp3) is 1.00. The van der Waals surface area contributed by atoms with E-state index in [1.165, 1.54) is 64.2 Å². The Morgan fingerprint density at radius 3 is 2.19 bits per heavy atom. The van der Waals surface area contributed by atoms with Gasteiger partial charge >= 0.3 is 0 Å². The molecule has 1 nitrogen and oxygen atoms in total. The summed E-state index contributed by atoms with van der Waals surface area (Å²) in [4.78, 5) is 0. The molecule has 0 aromatic rings. The second-order valence-electron chi connectivity index (χ2n) is 5.58. The van der Waals surface area contributed by atoms with Crippen molar-refractivity contribution in [3.05, 3.63) is 0 Å². The minimum absolute atomic E-state index is 0.828. The number of thioether (sulfide) groups is 1. The van der Waals surface area contributed by atoms with Gasteiger partial charge in [-0.05, 0) is 38.4 Å². The van der Waals surface area contributed by atoms with Crippen molar-refractivity contribution in [2.24, 2.45) is 0 Å². The Morgan fingerprint density at radius 2 is 1.50 bits per heavy atom. The molecule has 2 saturated carbocycles. The third-order valence-electron chi connectivity index (χ3n) is 4.29. The maximum absolute atomic E-state index is 3.95. The topological polar surface area (TPSA) is 12.0 Å². The molecule has 94 valence electrons. The number of hydrogen-bond acceptors (Lipinski definition) is 2. The molecule has 0 aromatic heterocycles. The normalized spacial score (nSPS) is 33.6.